The van der Waals surface area contributed by atoms with E-state index in [0.29, 0.717) is 6.61 Å². The first kappa shape index (κ1) is 20.8. The van der Waals surface area contributed by atoms with Gasteiger partial charge >= 0.3 is 35.5 Å². The van der Waals surface area contributed by atoms with Crippen molar-refractivity contribution in [2.75, 3.05) is 6.61 Å². The maximum Gasteiger partial charge on any atom is 1.00 e. The summed E-state index contributed by atoms with van der Waals surface area (Å²) in [5, 5.41) is 0. The fourth-order valence-corrected chi connectivity index (χ4v) is 1.98. The van der Waals surface area contributed by atoms with E-state index in [9.17, 15) is 4.79 Å². The number of carbonyl (C=O) groups is 1. The van der Waals surface area contributed by atoms with Gasteiger partial charge in [0.05, 0.1) is 6.61 Å². The SMILES string of the molecule is CCCCCCCCCCCCCOC(C)=O.[H-].[Na+]. The Balaban J connectivity index is -0.00000128. The van der Waals surface area contributed by atoms with Crippen LogP contribution in [0.5, 0.6) is 0 Å². The summed E-state index contributed by atoms with van der Waals surface area (Å²) in [6, 6.07) is 0. The van der Waals surface area contributed by atoms with Crippen molar-refractivity contribution in [1.82, 2.24) is 0 Å². The minimum atomic E-state index is -0.155. The number of hydrogen-bond donors (Lipinski definition) is 0. The van der Waals surface area contributed by atoms with E-state index >= 15 is 0 Å². The summed E-state index contributed by atoms with van der Waals surface area (Å²) in [6.07, 6.45) is 14.6. The number of hydrogen-bond acceptors (Lipinski definition) is 2. The molecule has 0 fully saturated rings. The second-order valence-electron chi connectivity index (χ2n) is 4.88. The molecular formula is C15H31NaO2. The zero-order valence-corrected chi connectivity index (χ0v) is 14.8. The Bertz CT molecular complexity index is 178. The first-order valence-electron chi connectivity index (χ1n) is 7.40. The van der Waals surface area contributed by atoms with Gasteiger partial charge in [-0.15, -0.1) is 0 Å². The predicted molar refractivity (Wildman–Crippen MR) is 74.2 cm³/mol. The Morgan fingerprint density at radius 1 is 0.833 bits per heavy atom. The van der Waals surface area contributed by atoms with E-state index < -0.39 is 0 Å². The van der Waals surface area contributed by atoms with Gasteiger partial charge in [-0.05, 0) is 6.42 Å². The monoisotopic (exact) mass is 266 g/mol. The van der Waals surface area contributed by atoms with Crippen LogP contribution in [0.1, 0.15) is 85.9 Å². The van der Waals surface area contributed by atoms with E-state index in [2.05, 4.69) is 6.92 Å². The summed E-state index contributed by atoms with van der Waals surface area (Å²) in [7, 11) is 0. The molecule has 2 nitrogen and oxygen atoms in total. The molecule has 0 radical (unpaired) electrons. The molecule has 18 heavy (non-hydrogen) atoms. The second kappa shape index (κ2) is 17.5. The van der Waals surface area contributed by atoms with Gasteiger partial charge < -0.3 is 6.16 Å². The van der Waals surface area contributed by atoms with Gasteiger partial charge in [0.1, 0.15) is 0 Å². The molecule has 0 heterocycles. The van der Waals surface area contributed by atoms with Gasteiger partial charge in [0.15, 0.2) is 0 Å². The summed E-state index contributed by atoms with van der Waals surface area (Å²) in [5.74, 6) is -0.155. The Morgan fingerprint density at radius 2 is 1.22 bits per heavy atom. The summed E-state index contributed by atoms with van der Waals surface area (Å²) < 4.78 is 4.89. The molecule has 0 saturated heterocycles. The molecule has 0 amide bonds. The number of ether oxygens (including phenoxy) is 1. The van der Waals surface area contributed by atoms with Crippen LogP contribution in [-0.2, 0) is 9.53 Å². The van der Waals surface area contributed by atoms with E-state index in [1.165, 1.54) is 71.1 Å². The second-order valence-corrected chi connectivity index (χ2v) is 4.88. The van der Waals surface area contributed by atoms with Crippen molar-refractivity contribution in [3.8, 4) is 0 Å². The average molecular weight is 266 g/mol. The van der Waals surface area contributed by atoms with Gasteiger partial charge in [0.2, 0.25) is 0 Å². The van der Waals surface area contributed by atoms with Crippen molar-refractivity contribution in [2.24, 2.45) is 0 Å². The third kappa shape index (κ3) is 18.8. The zero-order chi connectivity index (χ0) is 12.8. The maximum absolute atomic E-state index is 10.5. The Hall–Kier alpha value is 0.470. The fraction of sp³-hybridized carbons (Fsp3) is 0.933. The molecule has 0 atom stereocenters. The van der Waals surface area contributed by atoms with Crippen molar-refractivity contribution in [3.63, 3.8) is 0 Å². The predicted octanol–water partition coefficient (Wildman–Crippen LogP) is 1.98. The van der Waals surface area contributed by atoms with Gasteiger partial charge in [-0.2, -0.15) is 0 Å². The Kier molecular flexibility index (Phi) is 20.2. The molecule has 0 bridgehead atoms. The standard InChI is InChI=1S/C15H30O2.Na.H/c1-3-4-5-6-7-8-9-10-11-12-13-14-17-15(2)16;;/h3-14H2,1-2H3;;/q;+1;-1. The summed E-state index contributed by atoms with van der Waals surface area (Å²) in [4.78, 5) is 10.5. The molecule has 0 unspecified atom stereocenters. The molecule has 0 aliphatic heterocycles. The van der Waals surface area contributed by atoms with Gasteiger partial charge in [-0.25, -0.2) is 0 Å². The first-order chi connectivity index (χ1) is 8.27. The van der Waals surface area contributed by atoms with Crippen LogP contribution in [0.3, 0.4) is 0 Å². The van der Waals surface area contributed by atoms with Gasteiger partial charge in [-0.1, -0.05) is 71.1 Å². The Morgan fingerprint density at radius 3 is 1.61 bits per heavy atom. The van der Waals surface area contributed by atoms with Gasteiger partial charge in [0, 0.05) is 6.92 Å². The summed E-state index contributed by atoms with van der Waals surface area (Å²) in [5.41, 5.74) is 0. The average Bonchev–Trinajstić information content (AvgIpc) is 2.30. The van der Waals surface area contributed by atoms with Crippen molar-refractivity contribution >= 4 is 5.97 Å². The minimum absolute atomic E-state index is 0. The molecule has 0 N–H and O–H groups in total. The van der Waals surface area contributed by atoms with Gasteiger partial charge in [-0.3, -0.25) is 4.79 Å². The first-order valence-corrected chi connectivity index (χ1v) is 7.40. The van der Waals surface area contributed by atoms with Crippen LogP contribution in [0, 0.1) is 0 Å². The summed E-state index contributed by atoms with van der Waals surface area (Å²) >= 11 is 0. The van der Waals surface area contributed by atoms with E-state index in [-0.39, 0.29) is 37.0 Å². The third-order valence-corrected chi connectivity index (χ3v) is 3.05. The van der Waals surface area contributed by atoms with Crippen LogP contribution in [0.25, 0.3) is 0 Å². The minimum Gasteiger partial charge on any atom is -1.00 e. The van der Waals surface area contributed by atoms with E-state index in [0.717, 1.165) is 6.42 Å². The summed E-state index contributed by atoms with van der Waals surface area (Å²) in [6.45, 7) is 4.33. The van der Waals surface area contributed by atoms with Crippen LogP contribution >= 0.6 is 0 Å². The van der Waals surface area contributed by atoms with E-state index in [4.69, 9.17) is 4.74 Å². The van der Waals surface area contributed by atoms with Crippen LogP contribution in [0.4, 0.5) is 0 Å². The third-order valence-electron chi connectivity index (χ3n) is 3.05. The van der Waals surface area contributed by atoms with E-state index in [1.54, 1.807) is 0 Å². The van der Waals surface area contributed by atoms with Crippen LogP contribution < -0.4 is 29.6 Å². The number of rotatable bonds is 12. The zero-order valence-electron chi connectivity index (χ0n) is 13.8. The molecular weight excluding hydrogens is 235 g/mol. The molecule has 0 saturated carbocycles. The molecule has 104 valence electrons. The largest absolute Gasteiger partial charge is 1.00 e. The van der Waals surface area contributed by atoms with Gasteiger partial charge in [0.25, 0.3) is 0 Å². The van der Waals surface area contributed by atoms with Crippen LogP contribution in [-0.4, -0.2) is 12.6 Å². The van der Waals surface area contributed by atoms with E-state index in [1.807, 2.05) is 0 Å². The molecule has 0 aromatic rings. The fourth-order valence-electron chi connectivity index (χ4n) is 1.98. The Labute approximate surface area is 137 Å². The smallest absolute Gasteiger partial charge is 1.00 e. The molecule has 0 spiro atoms. The van der Waals surface area contributed by atoms with Crippen LogP contribution in [0.15, 0.2) is 0 Å². The van der Waals surface area contributed by atoms with Crippen molar-refractivity contribution in [3.05, 3.63) is 0 Å². The molecule has 0 aromatic carbocycles. The quantitative estimate of drug-likeness (QED) is 0.307. The van der Waals surface area contributed by atoms with Crippen molar-refractivity contribution < 1.29 is 40.5 Å². The molecule has 0 rings (SSSR count). The molecule has 0 aromatic heterocycles. The van der Waals surface area contributed by atoms with Crippen LogP contribution in [0.2, 0.25) is 0 Å². The normalized spacial score (nSPS) is 9.89. The number of esters is 1. The number of carbonyl (C=O) groups excluding carboxylic acids is 1. The molecule has 0 aliphatic rings. The topological polar surface area (TPSA) is 26.3 Å². The molecule has 0 aliphatic carbocycles. The number of unbranched alkanes of at least 4 members (excludes halogenated alkanes) is 10. The maximum atomic E-state index is 10.5. The molecule has 3 heteroatoms. The van der Waals surface area contributed by atoms with Crippen molar-refractivity contribution in [2.45, 2.75) is 84.5 Å². The van der Waals surface area contributed by atoms with Crippen molar-refractivity contribution in [1.29, 1.82) is 0 Å².